The zero-order chi connectivity index (χ0) is 14.3. The summed E-state index contributed by atoms with van der Waals surface area (Å²) in [6.07, 6.45) is 1.82. The number of urea groups is 1. The van der Waals surface area contributed by atoms with Crippen molar-refractivity contribution in [3.8, 4) is 0 Å². The Kier molecular flexibility index (Phi) is 6.07. The van der Waals surface area contributed by atoms with Gasteiger partial charge in [0.25, 0.3) is 0 Å². The van der Waals surface area contributed by atoms with E-state index in [1.165, 1.54) is 0 Å². The number of amides is 4. The number of likely N-dealkylation sites (tertiary alicyclic amines) is 1. The molecule has 0 aromatic carbocycles. The molecule has 0 saturated carbocycles. The van der Waals surface area contributed by atoms with Crippen LogP contribution in [0.25, 0.3) is 0 Å². The van der Waals surface area contributed by atoms with Gasteiger partial charge in [-0.1, -0.05) is 0 Å². The van der Waals surface area contributed by atoms with Crippen LogP contribution in [-0.2, 0) is 9.59 Å². The summed E-state index contributed by atoms with van der Waals surface area (Å²) in [7, 11) is 0. The molecule has 8 nitrogen and oxygen atoms in total. The summed E-state index contributed by atoms with van der Waals surface area (Å²) in [5.41, 5.74) is 10.1. The van der Waals surface area contributed by atoms with Crippen molar-refractivity contribution in [3.05, 3.63) is 0 Å². The fourth-order valence-electron chi connectivity index (χ4n) is 2.06. The molecule has 1 aliphatic heterocycles. The average Bonchev–Trinajstić information content (AvgIpc) is 2.42. The van der Waals surface area contributed by atoms with Gasteiger partial charge in [-0.2, -0.15) is 0 Å². The zero-order valence-corrected chi connectivity index (χ0v) is 10.9. The first-order valence-electron chi connectivity index (χ1n) is 6.30. The van der Waals surface area contributed by atoms with Gasteiger partial charge >= 0.3 is 6.03 Å². The predicted octanol–water partition coefficient (Wildman–Crippen LogP) is -2.03. The Bertz CT molecular complexity index is 347. The maximum absolute atomic E-state index is 11.9. The molecule has 1 rings (SSSR count). The van der Waals surface area contributed by atoms with Crippen LogP contribution in [0.2, 0.25) is 0 Å². The maximum atomic E-state index is 11.9. The monoisotopic (exact) mass is 271 g/mol. The molecular weight excluding hydrogens is 250 g/mol. The van der Waals surface area contributed by atoms with Gasteiger partial charge in [0.05, 0.1) is 13.1 Å². The number of carbonyl (C=O) groups is 3. The van der Waals surface area contributed by atoms with Gasteiger partial charge in [0.15, 0.2) is 0 Å². The molecule has 6 N–H and O–H groups in total. The van der Waals surface area contributed by atoms with Crippen LogP contribution in [0, 0.1) is 5.92 Å². The van der Waals surface area contributed by atoms with E-state index in [9.17, 15) is 14.4 Å². The number of hydrogen-bond donors (Lipinski definition) is 4. The number of nitrogens with one attached hydrogen (secondary N) is 2. The van der Waals surface area contributed by atoms with E-state index < -0.39 is 6.03 Å². The minimum Gasteiger partial charge on any atom is -0.352 e. The Morgan fingerprint density at radius 3 is 2.63 bits per heavy atom. The number of hydrogen-bond acceptors (Lipinski definition) is 4. The Hall–Kier alpha value is -1.83. The van der Waals surface area contributed by atoms with Crippen LogP contribution in [0.1, 0.15) is 12.8 Å². The third-order valence-corrected chi connectivity index (χ3v) is 3.06. The molecule has 0 radical (unpaired) electrons. The molecule has 19 heavy (non-hydrogen) atoms. The van der Waals surface area contributed by atoms with E-state index in [-0.39, 0.29) is 30.8 Å². The summed E-state index contributed by atoms with van der Waals surface area (Å²) < 4.78 is 0. The van der Waals surface area contributed by atoms with Crippen molar-refractivity contribution in [2.45, 2.75) is 12.8 Å². The molecule has 0 aliphatic carbocycles. The summed E-state index contributed by atoms with van der Waals surface area (Å²) >= 11 is 0. The molecule has 1 atom stereocenters. The van der Waals surface area contributed by atoms with Crippen molar-refractivity contribution in [2.75, 3.05) is 32.7 Å². The van der Waals surface area contributed by atoms with Crippen molar-refractivity contribution in [3.63, 3.8) is 0 Å². The minimum atomic E-state index is -0.557. The number of piperidine rings is 1. The Labute approximate surface area is 111 Å². The topological polar surface area (TPSA) is 131 Å². The summed E-state index contributed by atoms with van der Waals surface area (Å²) in [4.78, 5) is 35.2. The molecule has 0 bridgehead atoms. The minimum absolute atomic E-state index is 0.0357. The molecule has 1 unspecified atom stereocenters. The van der Waals surface area contributed by atoms with E-state index in [4.69, 9.17) is 11.5 Å². The fraction of sp³-hybridized carbons (Fsp3) is 0.727. The lowest BCUT2D eigenvalue weighted by Crippen LogP contribution is -2.48. The van der Waals surface area contributed by atoms with Crippen molar-refractivity contribution in [1.82, 2.24) is 15.5 Å². The molecule has 0 aromatic rings. The smallest absolute Gasteiger partial charge is 0.312 e. The predicted molar refractivity (Wildman–Crippen MR) is 69.0 cm³/mol. The number of primary amides is 1. The van der Waals surface area contributed by atoms with Gasteiger partial charge in [0, 0.05) is 19.6 Å². The highest BCUT2D eigenvalue weighted by molar-refractivity contribution is 5.85. The first kappa shape index (κ1) is 15.2. The van der Waals surface area contributed by atoms with Crippen LogP contribution < -0.4 is 22.1 Å². The fourth-order valence-corrected chi connectivity index (χ4v) is 2.06. The van der Waals surface area contributed by atoms with E-state index in [1.54, 1.807) is 4.90 Å². The second-order valence-electron chi connectivity index (χ2n) is 4.57. The van der Waals surface area contributed by atoms with Gasteiger partial charge in [-0.25, -0.2) is 4.79 Å². The van der Waals surface area contributed by atoms with E-state index in [1.807, 2.05) is 0 Å². The molecule has 1 aliphatic rings. The van der Waals surface area contributed by atoms with Gasteiger partial charge in [0.2, 0.25) is 11.8 Å². The summed E-state index contributed by atoms with van der Waals surface area (Å²) in [6.45, 7) is 1.54. The lowest BCUT2D eigenvalue weighted by molar-refractivity contribution is -0.134. The number of nitrogens with zero attached hydrogens (tertiary/aromatic N) is 1. The van der Waals surface area contributed by atoms with E-state index in [0.29, 0.717) is 19.6 Å². The third-order valence-electron chi connectivity index (χ3n) is 3.06. The highest BCUT2D eigenvalue weighted by atomic mass is 16.2. The first-order chi connectivity index (χ1) is 9.02. The highest BCUT2D eigenvalue weighted by Gasteiger charge is 2.23. The number of rotatable bonds is 5. The lowest BCUT2D eigenvalue weighted by Gasteiger charge is -2.32. The van der Waals surface area contributed by atoms with Crippen LogP contribution in [-0.4, -0.2) is 55.5 Å². The zero-order valence-electron chi connectivity index (χ0n) is 10.9. The van der Waals surface area contributed by atoms with Crippen LogP contribution in [0.3, 0.4) is 0 Å². The van der Waals surface area contributed by atoms with Gasteiger partial charge in [-0.3, -0.25) is 9.59 Å². The Balaban J connectivity index is 2.34. The molecular formula is C11H21N5O3. The lowest BCUT2D eigenvalue weighted by atomic mass is 9.98. The van der Waals surface area contributed by atoms with Crippen molar-refractivity contribution >= 4 is 17.8 Å². The normalized spacial score (nSPS) is 18.8. The average molecular weight is 271 g/mol. The number of carbonyl (C=O) groups excluding carboxylic acids is 3. The molecule has 0 aromatic heterocycles. The van der Waals surface area contributed by atoms with E-state index >= 15 is 0 Å². The molecule has 0 spiro atoms. The van der Waals surface area contributed by atoms with Crippen molar-refractivity contribution < 1.29 is 14.4 Å². The summed E-state index contributed by atoms with van der Waals surface area (Å²) in [5, 5.41) is 5.00. The Morgan fingerprint density at radius 1 is 1.26 bits per heavy atom. The molecule has 1 heterocycles. The maximum Gasteiger partial charge on any atom is 0.312 e. The standard InChI is InChI=1S/C11H21N5O3/c12-4-9(17)14-6-10(18)16-3-1-2-8(7-16)5-15-11(13)19/h8H,1-7,12H2,(H,14,17)(H3,13,15,19). The van der Waals surface area contributed by atoms with Gasteiger partial charge < -0.3 is 27.0 Å². The van der Waals surface area contributed by atoms with Gasteiger partial charge in [-0.05, 0) is 18.8 Å². The van der Waals surface area contributed by atoms with Gasteiger partial charge in [0.1, 0.15) is 0 Å². The molecule has 8 heteroatoms. The SMILES string of the molecule is NCC(=O)NCC(=O)N1CCCC(CNC(N)=O)C1. The van der Waals surface area contributed by atoms with Crippen LogP contribution in [0.4, 0.5) is 4.79 Å². The Morgan fingerprint density at radius 2 is 2.00 bits per heavy atom. The highest BCUT2D eigenvalue weighted by Crippen LogP contribution is 2.15. The van der Waals surface area contributed by atoms with E-state index in [2.05, 4.69) is 10.6 Å². The molecule has 4 amide bonds. The largest absolute Gasteiger partial charge is 0.352 e. The van der Waals surface area contributed by atoms with Crippen LogP contribution in [0.15, 0.2) is 0 Å². The van der Waals surface area contributed by atoms with E-state index in [0.717, 1.165) is 12.8 Å². The quantitative estimate of drug-likeness (QED) is 0.459. The van der Waals surface area contributed by atoms with Crippen molar-refractivity contribution in [1.29, 1.82) is 0 Å². The second kappa shape index (κ2) is 7.57. The molecule has 1 saturated heterocycles. The second-order valence-corrected chi connectivity index (χ2v) is 4.57. The molecule has 108 valence electrons. The van der Waals surface area contributed by atoms with Crippen LogP contribution >= 0.6 is 0 Å². The van der Waals surface area contributed by atoms with Gasteiger partial charge in [-0.15, -0.1) is 0 Å². The van der Waals surface area contributed by atoms with Crippen LogP contribution in [0.5, 0.6) is 0 Å². The summed E-state index contributed by atoms with van der Waals surface area (Å²) in [6, 6.07) is -0.557. The third kappa shape index (κ3) is 5.56. The summed E-state index contributed by atoms with van der Waals surface area (Å²) in [5.74, 6) is -0.279. The van der Waals surface area contributed by atoms with Crippen molar-refractivity contribution in [2.24, 2.45) is 17.4 Å². The first-order valence-corrected chi connectivity index (χ1v) is 6.30. The molecule has 1 fully saturated rings. The number of nitrogens with two attached hydrogens (primary N) is 2.